The Labute approximate surface area is 113 Å². The van der Waals surface area contributed by atoms with Crippen LogP contribution in [0.2, 0.25) is 0 Å². The van der Waals surface area contributed by atoms with Crippen LogP contribution in [-0.2, 0) is 9.59 Å². The lowest BCUT2D eigenvalue weighted by atomic mass is 10.1. The Morgan fingerprint density at radius 3 is 2.05 bits per heavy atom. The molecule has 110 valence electrons. The number of rotatable bonds is 5. The summed E-state index contributed by atoms with van der Waals surface area (Å²) < 4.78 is 0. The lowest BCUT2D eigenvalue weighted by molar-refractivity contribution is -0.138. The van der Waals surface area contributed by atoms with Gasteiger partial charge in [0, 0.05) is 32.6 Å². The molecule has 0 saturated carbocycles. The Morgan fingerprint density at radius 2 is 1.68 bits per heavy atom. The second-order valence-electron chi connectivity index (χ2n) is 5.42. The number of amides is 3. The zero-order valence-corrected chi connectivity index (χ0v) is 12.2. The summed E-state index contributed by atoms with van der Waals surface area (Å²) in [6.45, 7) is 5.06. The molecule has 0 atom stereocenters. The Bertz CT molecular complexity index is 347. The first kappa shape index (κ1) is 17.2. The van der Waals surface area contributed by atoms with Crippen LogP contribution >= 0.6 is 0 Å². The summed E-state index contributed by atoms with van der Waals surface area (Å²) in [4.78, 5) is 36.6. The van der Waals surface area contributed by atoms with Crippen molar-refractivity contribution in [2.75, 3.05) is 27.2 Å². The van der Waals surface area contributed by atoms with Crippen LogP contribution in [0.15, 0.2) is 0 Å². The average Bonchev–Trinajstić information content (AvgIpc) is 2.23. The van der Waals surface area contributed by atoms with E-state index < -0.39 is 17.5 Å². The Balaban J connectivity index is 4.42. The summed E-state index contributed by atoms with van der Waals surface area (Å²) in [6, 6.07) is -0.485. The van der Waals surface area contributed by atoms with Crippen LogP contribution in [0.5, 0.6) is 0 Å². The van der Waals surface area contributed by atoms with Gasteiger partial charge in [-0.15, -0.1) is 0 Å². The minimum atomic E-state index is -1.07. The molecule has 0 fully saturated rings. The van der Waals surface area contributed by atoms with Gasteiger partial charge in [-0.3, -0.25) is 9.59 Å². The third kappa shape index (κ3) is 6.64. The Hall–Kier alpha value is -1.79. The molecule has 0 aromatic heterocycles. The van der Waals surface area contributed by atoms with Crippen LogP contribution in [0, 0.1) is 0 Å². The average molecular weight is 273 g/mol. The first-order valence-corrected chi connectivity index (χ1v) is 6.03. The molecule has 3 amide bonds. The maximum Gasteiger partial charge on any atom is 0.323 e. The van der Waals surface area contributed by atoms with Gasteiger partial charge in [0.2, 0.25) is 5.91 Å². The van der Waals surface area contributed by atoms with Crippen molar-refractivity contribution in [3.8, 4) is 0 Å². The van der Waals surface area contributed by atoms with Gasteiger partial charge >= 0.3 is 12.0 Å². The van der Waals surface area contributed by atoms with Gasteiger partial charge < -0.3 is 20.2 Å². The van der Waals surface area contributed by atoms with E-state index in [4.69, 9.17) is 5.11 Å². The third-order valence-corrected chi connectivity index (χ3v) is 2.46. The van der Waals surface area contributed by atoms with Crippen LogP contribution in [-0.4, -0.2) is 65.5 Å². The summed E-state index contributed by atoms with van der Waals surface area (Å²) in [5.74, 6) is -1.17. The van der Waals surface area contributed by atoms with Crippen molar-refractivity contribution >= 4 is 17.9 Å². The molecular weight excluding hydrogens is 250 g/mol. The van der Waals surface area contributed by atoms with E-state index in [1.165, 1.54) is 9.80 Å². The van der Waals surface area contributed by atoms with Gasteiger partial charge in [0.25, 0.3) is 0 Å². The summed E-state index contributed by atoms with van der Waals surface area (Å²) in [5, 5.41) is 11.4. The van der Waals surface area contributed by atoms with Crippen molar-refractivity contribution in [2.24, 2.45) is 0 Å². The maximum absolute atomic E-state index is 11.9. The molecule has 0 bridgehead atoms. The van der Waals surface area contributed by atoms with Crippen LogP contribution in [0.3, 0.4) is 0 Å². The number of nitrogens with zero attached hydrogens (tertiary/aromatic N) is 2. The molecule has 7 heteroatoms. The number of nitrogens with one attached hydrogen (secondary N) is 1. The van der Waals surface area contributed by atoms with Crippen LogP contribution in [0.1, 0.15) is 27.2 Å². The zero-order chi connectivity index (χ0) is 15.2. The van der Waals surface area contributed by atoms with Gasteiger partial charge in [-0.25, -0.2) is 4.79 Å². The van der Waals surface area contributed by atoms with Crippen LogP contribution < -0.4 is 5.32 Å². The van der Waals surface area contributed by atoms with E-state index in [2.05, 4.69) is 5.32 Å². The molecular formula is C12H23N3O4. The first-order valence-electron chi connectivity index (χ1n) is 6.03. The van der Waals surface area contributed by atoms with Crippen molar-refractivity contribution in [1.82, 2.24) is 15.1 Å². The fraction of sp³-hybridized carbons (Fsp3) is 0.750. The number of carbonyl (C=O) groups excluding carboxylic acids is 2. The normalized spacial score (nSPS) is 10.8. The van der Waals surface area contributed by atoms with Gasteiger partial charge in [0.1, 0.15) is 6.54 Å². The second-order valence-corrected chi connectivity index (χ2v) is 5.42. The number of carboxylic acid groups (broad SMARTS) is 1. The van der Waals surface area contributed by atoms with E-state index in [1.807, 2.05) is 0 Å². The summed E-state index contributed by atoms with van der Waals surface area (Å²) in [5.41, 5.74) is -0.603. The predicted octanol–water partition coefficient (Wildman–Crippen LogP) is 0.359. The highest BCUT2D eigenvalue weighted by Crippen LogP contribution is 2.12. The van der Waals surface area contributed by atoms with E-state index >= 15 is 0 Å². The van der Waals surface area contributed by atoms with E-state index in [-0.39, 0.29) is 25.4 Å². The smallest absolute Gasteiger partial charge is 0.323 e. The van der Waals surface area contributed by atoms with Crippen molar-refractivity contribution in [3.63, 3.8) is 0 Å². The van der Waals surface area contributed by atoms with Crippen LogP contribution in [0.25, 0.3) is 0 Å². The van der Waals surface area contributed by atoms with Crippen molar-refractivity contribution in [1.29, 1.82) is 0 Å². The van der Waals surface area contributed by atoms with E-state index in [0.29, 0.717) is 0 Å². The maximum atomic E-state index is 11.9. The molecule has 19 heavy (non-hydrogen) atoms. The molecule has 0 saturated heterocycles. The highest BCUT2D eigenvalue weighted by Gasteiger charge is 2.28. The number of carbonyl (C=O) groups is 3. The predicted molar refractivity (Wildman–Crippen MR) is 70.8 cm³/mol. The molecule has 0 radical (unpaired) electrons. The number of hydrogen-bond acceptors (Lipinski definition) is 3. The molecule has 0 aromatic carbocycles. The van der Waals surface area contributed by atoms with Gasteiger partial charge in [-0.1, -0.05) is 0 Å². The molecule has 7 nitrogen and oxygen atoms in total. The molecule has 0 heterocycles. The highest BCUT2D eigenvalue weighted by atomic mass is 16.4. The first-order chi connectivity index (χ1) is 8.55. The van der Waals surface area contributed by atoms with Crippen molar-refractivity contribution in [2.45, 2.75) is 32.7 Å². The van der Waals surface area contributed by atoms with Gasteiger partial charge in [0.05, 0.1) is 0 Å². The lowest BCUT2D eigenvalue weighted by Crippen LogP contribution is -2.52. The third-order valence-electron chi connectivity index (χ3n) is 2.46. The quantitative estimate of drug-likeness (QED) is 0.756. The number of carboxylic acids is 1. The highest BCUT2D eigenvalue weighted by molar-refractivity contribution is 5.81. The molecule has 0 aromatic rings. The summed E-state index contributed by atoms with van der Waals surface area (Å²) in [7, 11) is 3.27. The largest absolute Gasteiger partial charge is 0.480 e. The summed E-state index contributed by atoms with van der Waals surface area (Å²) >= 11 is 0. The number of urea groups is 1. The number of hydrogen-bond donors (Lipinski definition) is 2. The van der Waals surface area contributed by atoms with Gasteiger partial charge in [0.15, 0.2) is 0 Å². The minimum Gasteiger partial charge on any atom is -0.480 e. The number of aliphatic carboxylic acids is 1. The molecule has 0 aliphatic heterocycles. The molecule has 2 N–H and O–H groups in total. The molecule has 0 spiro atoms. The van der Waals surface area contributed by atoms with Crippen molar-refractivity contribution in [3.05, 3.63) is 0 Å². The SMILES string of the molecule is CN(C)C(=O)CCNC(=O)N(CC(=O)O)C(C)(C)C. The fourth-order valence-corrected chi connectivity index (χ4v) is 1.34. The second kappa shape index (κ2) is 6.96. The molecule has 0 rings (SSSR count). The standard InChI is InChI=1S/C12H23N3O4/c1-12(2,3)15(8-10(17)18)11(19)13-7-6-9(16)14(4)5/h6-8H2,1-5H3,(H,13,19)(H,17,18). The zero-order valence-electron chi connectivity index (χ0n) is 12.2. The molecule has 0 unspecified atom stereocenters. The van der Waals surface area contributed by atoms with E-state index in [9.17, 15) is 14.4 Å². The fourth-order valence-electron chi connectivity index (χ4n) is 1.34. The van der Waals surface area contributed by atoms with Gasteiger partial charge in [-0.05, 0) is 20.8 Å². The summed E-state index contributed by atoms with van der Waals surface area (Å²) in [6.07, 6.45) is 0.184. The molecule has 0 aliphatic carbocycles. The Morgan fingerprint density at radius 1 is 1.16 bits per heavy atom. The van der Waals surface area contributed by atoms with Crippen LogP contribution in [0.4, 0.5) is 4.79 Å². The lowest BCUT2D eigenvalue weighted by Gasteiger charge is -2.34. The van der Waals surface area contributed by atoms with E-state index in [1.54, 1.807) is 34.9 Å². The van der Waals surface area contributed by atoms with Gasteiger partial charge in [-0.2, -0.15) is 0 Å². The monoisotopic (exact) mass is 273 g/mol. The Kier molecular flexibility index (Phi) is 6.31. The van der Waals surface area contributed by atoms with Crippen molar-refractivity contribution < 1.29 is 19.5 Å². The topological polar surface area (TPSA) is 90.0 Å². The molecule has 0 aliphatic rings. The van der Waals surface area contributed by atoms with E-state index in [0.717, 1.165) is 0 Å². The minimum absolute atomic E-state index is 0.0964.